The molecule has 0 bridgehead atoms. The van der Waals surface area contributed by atoms with E-state index in [1.165, 1.54) is 4.88 Å². The molecule has 0 N–H and O–H groups in total. The fraction of sp³-hybridized carbons (Fsp3) is 0.350. The van der Waals surface area contributed by atoms with Crippen molar-refractivity contribution in [2.75, 3.05) is 34.3 Å². The highest BCUT2D eigenvalue weighted by Gasteiger charge is 2.10. The number of benzene rings is 1. The number of aromatic nitrogens is 1. The average Bonchev–Trinajstić information content (AvgIpc) is 3.12. The Morgan fingerprint density at radius 1 is 1.04 bits per heavy atom. The van der Waals surface area contributed by atoms with Crippen LogP contribution in [0.4, 0.5) is 0 Å². The predicted octanol–water partition coefficient (Wildman–Crippen LogP) is 3.87. The summed E-state index contributed by atoms with van der Waals surface area (Å²) in [5.41, 5.74) is 2.12. The van der Waals surface area contributed by atoms with Crippen molar-refractivity contribution in [1.29, 1.82) is 0 Å². The van der Waals surface area contributed by atoms with Gasteiger partial charge in [0.25, 0.3) is 0 Å². The second kappa shape index (κ2) is 8.43. The molecular formula is C20H25N3OS. The van der Waals surface area contributed by atoms with Crippen LogP contribution >= 0.6 is 11.3 Å². The number of rotatable bonds is 8. The SMILES string of the molecule is COc1ccc2nc(CN(CCN(C)C)Cc3cccs3)ccc2c1. The van der Waals surface area contributed by atoms with Gasteiger partial charge in [-0.25, -0.2) is 0 Å². The van der Waals surface area contributed by atoms with Crippen LogP contribution in [-0.2, 0) is 13.1 Å². The van der Waals surface area contributed by atoms with E-state index in [9.17, 15) is 0 Å². The molecule has 2 heterocycles. The second-order valence-electron chi connectivity index (χ2n) is 6.45. The van der Waals surface area contributed by atoms with Crippen molar-refractivity contribution in [3.8, 4) is 5.75 Å². The molecule has 0 spiro atoms. The van der Waals surface area contributed by atoms with E-state index in [0.717, 1.165) is 48.5 Å². The van der Waals surface area contributed by atoms with E-state index in [1.807, 2.05) is 29.5 Å². The van der Waals surface area contributed by atoms with Crippen molar-refractivity contribution in [3.05, 3.63) is 58.4 Å². The first kappa shape index (κ1) is 17.9. The molecule has 0 aliphatic carbocycles. The second-order valence-corrected chi connectivity index (χ2v) is 7.49. The van der Waals surface area contributed by atoms with Crippen molar-refractivity contribution >= 4 is 22.2 Å². The highest BCUT2D eigenvalue weighted by molar-refractivity contribution is 7.09. The van der Waals surface area contributed by atoms with Crippen LogP contribution in [0, 0.1) is 0 Å². The summed E-state index contributed by atoms with van der Waals surface area (Å²) < 4.78 is 5.29. The van der Waals surface area contributed by atoms with Crippen LogP contribution in [0.2, 0.25) is 0 Å². The molecule has 0 saturated carbocycles. The van der Waals surface area contributed by atoms with Crippen molar-refractivity contribution in [2.45, 2.75) is 13.1 Å². The predicted molar refractivity (Wildman–Crippen MR) is 105 cm³/mol. The number of methoxy groups -OCH3 is 1. The van der Waals surface area contributed by atoms with E-state index in [2.05, 4.69) is 53.5 Å². The van der Waals surface area contributed by atoms with Gasteiger partial charge in [0, 0.05) is 36.4 Å². The van der Waals surface area contributed by atoms with Gasteiger partial charge in [-0.2, -0.15) is 0 Å². The summed E-state index contributed by atoms with van der Waals surface area (Å²) >= 11 is 1.81. The topological polar surface area (TPSA) is 28.6 Å². The van der Waals surface area contributed by atoms with E-state index in [-0.39, 0.29) is 0 Å². The zero-order valence-electron chi connectivity index (χ0n) is 15.1. The Kier molecular flexibility index (Phi) is 6.02. The molecule has 5 heteroatoms. The third-order valence-electron chi connectivity index (χ3n) is 4.16. The third kappa shape index (κ3) is 5.01. The third-order valence-corrected chi connectivity index (χ3v) is 5.02. The summed E-state index contributed by atoms with van der Waals surface area (Å²) in [6.45, 7) is 3.88. The highest BCUT2D eigenvalue weighted by Crippen LogP contribution is 2.20. The first-order chi connectivity index (χ1) is 12.1. The van der Waals surface area contributed by atoms with Crippen LogP contribution in [0.3, 0.4) is 0 Å². The Balaban J connectivity index is 1.76. The highest BCUT2D eigenvalue weighted by atomic mass is 32.1. The lowest BCUT2D eigenvalue weighted by Crippen LogP contribution is -2.31. The minimum atomic E-state index is 0.855. The lowest BCUT2D eigenvalue weighted by atomic mass is 10.2. The summed E-state index contributed by atoms with van der Waals surface area (Å²) in [7, 11) is 5.92. The lowest BCUT2D eigenvalue weighted by Gasteiger charge is -2.23. The van der Waals surface area contributed by atoms with Gasteiger partial charge in [-0.1, -0.05) is 12.1 Å². The van der Waals surface area contributed by atoms with Crippen molar-refractivity contribution in [3.63, 3.8) is 0 Å². The number of likely N-dealkylation sites (N-methyl/N-ethyl adjacent to an activating group) is 1. The Bertz CT molecular complexity index is 802. The molecule has 25 heavy (non-hydrogen) atoms. The minimum absolute atomic E-state index is 0.855. The Morgan fingerprint density at radius 3 is 2.64 bits per heavy atom. The van der Waals surface area contributed by atoms with Gasteiger partial charge in [0.15, 0.2) is 0 Å². The van der Waals surface area contributed by atoms with Crippen LogP contribution in [0.25, 0.3) is 10.9 Å². The average molecular weight is 356 g/mol. The molecule has 2 aromatic heterocycles. The van der Waals surface area contributed by atoms with Gasteiger partial charge in [-0.3, -0.25) is 9.88 Å². The van der Waals surface area contributed by atoms with Crippen LogP contribution in [-0.4, -0.2) is 49.1 Å². The molecule has 0 saturated heterocycles. The minimum Gasteiger partial charge on any atom is -0.497 e. The smallest absolute Gasteiger partial charge is 0.119 e. The van der Waals surface area contributed by atoms with Crippen LogP contribution in [0.15, 0.2) is 47.8 Å². The number of thiophene rings is 1. The van der Waals surface area contributed by atoms with E-state index in [1.54, 1.807) is 7.11 Å². The largest absolute Gasteiger partial charge is 0.497 e. The summed E-state index contributed by atoms with van der Waals surface area (Å²) in [6, 6.07) is 14.6. The van der Waals surface area contributed by atoms with E-state index < -0.39 is 0 Å². The molecular weight excluding hydrogens is 330 g/mol. The first-order valence-corrected chi connectivity index (χ1v) is 9.35. The summed E-state index contributed by atoms with van der Waals surface area (Å²) in [5.74, 6) is 0.868. The Morgan fingerprint density at radius 2 is 1.92 bits per heavy atom. The molecule has 3 rings (SSSR count). The molecule has 132 valence electrons. The van der Waals surface area contributed by atoms with Crippen LogP contribution in [0.5, 0.6) is 5.75 Å². The number of nitrogens with zero attached hydrogens (tertiary/aromatic N) is 3. The van der Waals surface area contributed by atoms with Crippen molar-refractivity contribution in [2.24, 2.45) is 0 Å². The molecule has 0 aliphatic heterocycles. The fourth-order valence-corrected chi connectivity index (χ4v) is 3.51. The molecule has 0 aliphatic rings. The summed E-state index contributed by atoms with van der Waals surface area (Å²) in [6.07, 6.45) is 0. The molecule has 1 aromatic carbocycles. The molecule has 3 aromatic rings. The Hall–Kier alpha value is -1.95. The van der Waals surface area contributed by atoms with Gasteiger partial charge >= 0.3 is 0 Å². The number of pyridine rings is 1. The van der Waals surface area contributed by atoms with Gasteiger partial charge in [0.2, 0.25) is 0 Å². The van der Waals surface area contributed by atoms with E-state index in [0.29, 0.717) is 0 Å². The van der Waals surface area contributed by atoms with Crippen LogP contribution in [0.1, 0.15) is 10.6 Å². The van der Waals surface area contributed by atoms with Gasteiger partial charge in [0.1, 0.15) is 5.75 Å². The van der Waals surface area contributed by atoms with Gasteiger partial charge in [-0.15, -0.1) is 11.3 Å². The standard InChI is InChI=1S/C20H25N3OS/c1-22(2)10-11-23(15-19-5-4-12-25-19)14-17-7-6-16-13-18(24-3)8-9-20(16)21-17/h4-9,12-13H,10-11,14-15H2,1-3H3. The molecule has 0 radical (unpaired) electrons. The maximum atomic E-state index is 5.29. The normalized spacial score (nSPS) is 11.6. The number of hydrogen-bond acceptors (Lipinski definition) is 5. The quantitative estimate of drug-likeness (QED) is 0.613. The van der Waals surface area contributed by atoms with Gasteiger partial charge in [-0.05, 0) is 49.8 Å². The number of hydrogen-bond donors (Lipinski definition) is 0. The Labute approximate surface area is 153 Å². The lowest BCUT2D eigenvalue weighted by molar-refractivity contribution is 0.226. The maximum Gasteiger partial charge on any atom is 0.119 e. The fourth-order valence-electron chi connectivity index (χ4n) is 2.77. The first-order valence-electron chi connectivity index (χ1n) is 8.47. The van der Waals surface area contributed by atoms with Crippen molar-refractivity contribution in [1.82, 2.24) is 14.8 Å². The van der Waals surface area contributed by atoms with E-state index in [4.69, 9.17) is 9.72 Å². The summed E-state index contributed by atoms with van der Waals surface area (Å²) in [5, 5.41) is 3.25. The molecule has 4 nitrogen and oxygen atoms in total. The van der Waals surface area contributed by atoms with Gasteiger partial charge < -0.3 is 9.64 Å². The zero-order chi connectivity index (χ0) is 17.6. The van der Waals surface area contributed by atoms with Crippen LogP contribution < -0.4 is 4.74 Å². The maximum absolute atomic E-state index is 5.29. The van der Waals surface area contributed by atoms with Gasteiger partial charge in [0.05, 0.1) is 18.3 Å². The zero-order valence-corrected chi connectivity index (χ0v) is 15.9. The summed E-state index contributed by atoms with van der Waals surface area (Å²) in [4.78, 5) is 10.9. The monoisotopic (exact) mass is 355 g/mol. The van der Waals surface area contributed by atoms with E-state index >= 15 is 0 Å². The molecule has 0 amide bonds. The molecule has 0 unspecified atom stereocenters. The number of fused-ring (bicyclic) bond motifs is 1. The molecule has 0 atom stereocenters. The van der Waals surface area contributed by atoms with Crippen molar-refractivity contribution < 1.29 is 4.74 Å². The number of ether oxygens (including phenoxy) is 1. The molecule has 0 fully saturated rings.